The van der Waals surface area contributed by atoms with Gasteiger partial charge in [-0.3, -0.25) is 9.78 Å². The van der Waals surface area contributed by atoms with Crippen molar-refractivity contribution in [2.45, 2.75) is 128 Å². The molecule has 2 saturated carbocycles. The van der Waals surface area contributed by atoms with Crippen LogP contribution in [0, 0.1) is 11.8 Å². The first-order valence-corrected chi connectivity index (χ1v) is 14.7. The predicted octanol–water partition coefficient (Wildman–Crippen LogP) is 7.23. The van der Waals surface area contributed by atoms with Crippen LogP contribution in [0.1, 0.15) is 138 Å². The molecule has 3 atom stereocenters. The molecule has 1 amide bonds. The maximum Gasteiger partial charge on any atom is 0.227 e. The minimum Gasteiger partial charge on any atom is -0.387 e. The summed E-state index contributed by atoms with van der Waals surface area (Å²) in [6, 6.07) is 0. The molecule has 1 aromatic heterocycles. The Balaban J connectivity index is 1.54. The van der Waals surface area contributed by atoms with E-state index in [9.17, 15) is 9.90 Å². The molecule has 3 unspecified atom stereocenters. The maximum absolute atomic E-state index is 13.5. The van der Waals surface area contributed by atoms with Gasteiger partial charge in [0.05, 0.1) is 23.7 Å². The zero-order valence-corrected chi connectivity index (χ0v) is 22.0. The Bertz CT molecular complexity index is 799. The molecule has 0 spiro atoms. The van der Waals surface area contributed by atoms with Crippen LogP contribution in [-0.4, -0.2) is 29.7 Å². The third-order valence-corrected chi connectivity index (χ3v) is 8.87. The number of amides is 1. The van der Waals surface area contributed by atoms with E-state index in [-0.39, 0.29) is 11.8 Å². The summed E-state index contributed by atoms with van der Waals surface area (Å²) in [6.45, 7) is 0.803. The summed E-state index contributed by atoms with van der Waals surface area (Å²) in [5, 5.41) is 13.9. The number of ether oxygens (including phenoxy) is 1. The predicted molar refractivity (Wildman–Crippen MR) is 142 cm³/mol. The van der Waals surface area contributed by atoms with Gasteiger partial charge in [0.15, 0.2) is 0 Å². The van der Waals surface area contributed by atoms with Crippen molar-refractivity contribution in [3.63, 3.8) is 0 Å². The Morgan fingerprint density at radius 2 is 1.57 bits per heavy atom. The number of pyridine rings is 1. The molecule has 5 heteroatoms. The number of methoxy groups -OCH3 is 1. The fourth-order valence-corrected chi connectivity index (χ4v) is 6.84. The van der Waals surface area contributed by atoms with Gasteiger partial charge in [-0.15, -0.1) is 0 Å². The SMILES string of the molecule is COCC1CCCCC(C(=O)Nc2cnc3c(c2C2CCCCCCCCCC2)CCC3O)CC1. The first-order valence-electron chi connectivity index (χ1n) is 14.7. The van der Waals surface area contributed by atoms with Gasteiger partial charge in [0, 0.05) is 19.6 Å². The summed E-state index contributed by atoms with van der Waals surface area (Å²) < 4.78 is 5.42. The molecule has 1 heterocycles. The molecule has 5 nitrogen and oxygen atoms in total. The van der Waals surface area contributed by atoms with Gasteiger partial charge in [0.1, 0.15) is 0 Å². The van der Waals surface area contributed by atoms with Crippen LogP contribution in [0.15, 0.2) is 6.20 Å². The molecule has 0 bridgehead atoms. The summed E-state index contributed by atoms with van der Waals surface area (Å²) in [5.74, 6) is 1.25. The van der Waals surface area contributed by atoms with Crippen LogP contribution >= 0.6 is 0 Å². The van der Waals surface area contributed by atoms with E-state index < -0.39 is 6.10 Å². The van der Waals surface area contributed by atoms with Crippen LogP contribution < -0.4 is 5.32 Å². The summed E-state index contributed by atoms with van der Waals surface area (Å²) in [6.07, 6.45) is 22.4. The smallest absolute Gasteiger partial charge is 0.227 e. The molecule has 2 fully saturated rings. The van der Waals surface area contributed by atoms with Crippen molar-refractivity contribution in [1.82, 2.24) is 4.98 Å². The highest BCUT2D eigenvalue weighted by molar-refractivity contribution is 5.93. The molecular formula is C30H48N2O3. The maximum atomic E-state index is 13.5. The first-order chi connectivity index (χ1) is 17.2. The highest BCUT2D eigenvalue weighted by atomic mass is 16.5. The van der Waals surface area contributed by atoms with Gasteiger partial charge in [0.25, 0.3) is 0 Å². The van der Waals surface area contributed by atoms with E-state index in [1.54, 1.807) is 7.11 Å². The average molecular weight is 485 g/mol. The summed E-state index contributed by atoms with van der Waals surface area (Å²) >= 11 is 0. The Morgan fingerprint density at radius 1 is 0.914 bits per heavy atom. The zero-order valence-electron chi connectivity index (χ0n) is 22.0. The molecule has 0 saturated heterocycles. The molecule has 4 rings (SSSR count). The number of rotatable bonds is 5. The minimum absolute atomic E-state index is 0.0638. The van der Waals surface area contributed by atoms with Gasteiger partial charge < -0.3 is 15.2 Å². The van der Waals surface area contributed by atoms with Crippen LogP contribution in [0.5, 0.6) is 0 Å². The van der Waals surface area contributed by atoms with Crippen molar-refractivity contribution >= 4 is 11.6 Å². The quantitative estimate of drug-likeness (QED) is 0.462. The summed E-state index contributed by atoms with van der Waals surface area (Å²) in [7, 11) is 1.78. The largest absolute Gasteiger partial charge is 0.387 e. The van der Waals surface area contributed by atoms with Gasteiger partial charge in [-0.2, -0.15) is 0 Å². The molecule has 3 aliphatic carbocycles. The van der Waals surface area contributed by atoms with Crippen molar-refractivity contribution in [3.8, 4) is 0 Å². The van der Waals surface area contributed by atoms with Gasteiger partial charge in [-0.1, -0.05) is 64.2 Å². The second-order valence-corrected chi connectivity index (χ2v) is 11.5. The second kappa shape index (κ2) is 13.7. The fraction of sp³-hybridized carbons (Fsp3) is 0.800. The van der Waals surface area contributed by atoms with Crippen LogP contribution in [0.4, 0.5) is 5.69 Å². The monoisotopic (exact) mass is 484 g/mol. The summed E-state index contributed by atoms with van der Waals surface area (Å²) in [5.41, 5.74) is 4.33. The number of hydrogen-bond acceptors (Lipinski definition) is 4. The molecule has 35 heavy (non-hydrogen) atoms. The van der Waals surface area contributed by atoms with Crippen LogP contribution in [-0.2, 0) is 16.0 Å². The van der Waals surface area contributed by atoms with Crippen molar-refractivity contribution in [2.24, 2.45) is 11.8 Å². The van der Waals surface area contributed by atoms with Crippen molar-refractivity contribution in [3.05, 3.63) is 23.0 Å². The Labute approximate surface area is 212 Å². The second-order valence-electron chi connectivity index (χ2n) is 11.5. The molecule has 2 N–H and O–H groups in total. The number of nitrogens with one attached hydrogen (secondary N) is 1. The highest BCUT2D eigenvalue weighted by Crippen LogP contribution is 2.42. The van der Waals surface area contributed by atoms with E-state index in [1.165, 1.54) is 88.2 Å². The number of aromatic nitrogens is 1. The Hall–Kier alpha value is -1.46. The third kappa shape index (κ3) is 7.29. The average Bonchev–Trinajstić information content (AvgIpc) is 3.18. The van der Waals surface area contributed by atoms with Crippen LogP contribution in [0.2, 0.25) is 0 Å². The molecule has 196 valence electrons. The normalized spacial score (nSPS) is 27.3. The lowest BCUT2D eigenvalue weighted by Crippen LogP contribution is -2.26. The topological polar surface area (TPSA) is 71.5 Å². The molecule has 1 aromatic rings. The van der Waals surface area contributed by atoms with Crippen molar-refractivity contribution in [1.29, 1.82) is 0 Å². The number of nitrogens with zero attached hydrogens (tertiary/aromatic N) is 1. The van der Waals surface area contributed by atoms with Crippen LogP contribution in [0.25, 0.3) is 0 Å². The van der Waals surface area contributed by atoms with E-state index in [0.29, 0.717) is 11.8 Å². The van der Waals surface area contributed by atoms with Crippen molar-refractivity contribution < 1.29 is 14.6 Å². The zero-order chi connectivity index (χ0) is 24.5. The van der Waals surface area contributed by atoms with E-state index >= 15 is 0 Å². The van der Waals surface area contributed by atoms with E-state index in [2.05, 4.69) is 10.3 Å². The Morgan fingerprint density at radius 3 is 2.29 bits per heavy atom. The van der Waals surface area contributed by atoms with Crippen LogP contribution in [0.3, 0.4) is 0 Å². The lowest BCUT2D eigenvalue weighted by atomic mass is 9.84. The lowest BCUT2D eigenvalue weighted by Gasteiger charge is -2.27. The number of anilines is 1. The van der Waals surface area contributed by atoms with Gasteiger partial charge in [-0.05, 0) is 74.3 Å². The molecule has 0 radical (unpaired) electrons. The number of carbonyl (C=O) groups excluding carboxylic acids is 1. The number of fused-ring (bicyclic) bond motifs is 1. The lowest BCUT2D eigenvalue weighted by molar-refractivity contribution is -0.120. The number of hydrogen-bond donors (Lipinski definition) is 2. The van der Waals surface area contributed by atoms with Gasteiger partial charge in [-0.25, -0.2) is 0 Å². The summed E-state index contributed by atoms with van der Waals surface area (Å²) in [4.78, 5) is 18.2. The molecule has 3 aliphatic rings. The number of carbonyl (C=O) groups is 1. The molecule has 0 aromatic carbocycles. The first kappa shape index (κ1) is 26.6. The minimum atomic E-state index is -0.459. The fourth-order valence-electron chi connectivity index (χ4n) is 6.84. The number of aliphatic hydroxyl groups is 1. The standard InChI is InChI=1S/C30H48N2O3/c1-35-21-22-12-10-11-15-24(17-16-22)30(34)32-26-20-31-29-25(18-19-27(29)33)28(26)23-13-8-6-4-2-3-5-7-9-14-23/h20,22-24,27,33H,2-19,21H2,1H3,(H,32,34). The van der Waals surface area contributed by atoms with Crippen molar-refractivity contribution in [2.75, 3.05) is 19.0 Å². The molecule has 0 aliphatic heterocycles. The highest BCUT2D eigenvalue weighted by Gasteiger charge is 2.31. The van der Waals surface area contributed by atoms with E-state index in [1.807, 2.05) is 6.20 Å². The molecular weight excluding hydrogens is 436 g/mol. The van der Waals surface area contributed by atoms with E-state index in [4.69, 9.17) is 4.74 Å². The number of aliphatic hydroxyl groups excluding tert-OH is 1. The van der Waals surface area contributed by atoms with E-state index in [0.717, 1.165) is 56.5 Å². The van der Waals surface area contributed by atoms with Gasteiger partial charge in [0.2, 0.25) is 5.91 Å². The third-order valence-electron chi connectivity index (χ3n) is 8.87. The van der Waals surface area contributed by atoms with Gasteiger partial charge >= 0.3 is 0 Å². The Kier molecular flexibility index (Phi) is 10.4.